The van der Waals surface area contributed by atoms with E-state index in [2.05, 4.69) is 5.32 Å². The summed E-state index contributed by atoms with van der Waals surface area (Å²) in [5.41, 5.74) is 0.369. The summed E-state index contributed by atoms with van der Waals surface area (Å²) in [4.78, 5) is 26.4. The van der Waals surface area contributed by atoms with Crippen molar-refractivity contribution in [1.82, 2.24) is 14.8 Å². The van der Waals surface area contributed by atoms with Gasteiger partial charge in [-0.25, -0.2) is 0 Å². The first-order chi connectivity index (χ1) is 10.1. The number of nitrogens with one attached hydrogen (secondary N) is 1. The average Bonchev–Trinajstić information content (AvgIpc) is 2.81. The van der Waals surface area contributed by atoms with Crippen LogP contribution in [0.25, 0.3) is 0 Å². The van der Waals surface area contributed by atoms with E-state index in [-0.39, 0.29) is 11.5 Å². The number of hydrogen-bond acceptors (Lipinski definition) is 3. The van der Waals surface area contributed by atoms with E-state index in [4.69, 9.17) is 0 Å². The van der Waals surface area contributed by atoms with Crippen LogP contribution >= 0.6 is 0 Å². The Bertz CT molecular complexity index is 583. The van der Waals surface area contributed by atoms with Crippen LogP contribution in [0.4, 0.5) is 0 Å². The van der Waals surface area contributed by atoms with Gasteiger partial charge in [-0.05, 0) is 38.7 Å². The third kappa shape index (κ3) is 2.75. The number of aromatic nitrogens is 1. The Balaban J connectivity index is 1.80. The SMILES string of the molecule is CCN(C(=O)c1ccn(C)c(=O)c1)C1CC2CCC(C1)N2. The molecule has 0 aliphatic carbocycles. The largest absolute Gasteiger partial charge is 0.336 e. The minimum absolute atomic E-state index is 0.0125. The lowest BCUT2D eigenvalue weighted by Gasteiger charge is -2.37. The third-order valence-electron chi connectivity index (χ3n) is 4.84. The van der Waals surface area contributed by atoms with Gasteiger partial charge in [0.2, 0.25) is 0 Å². The van der Waals surface area contributed by atoms with Crippen LogP contribution in [0.15, 0.2) is 23.1 Å². The number of piperidine rings is 1. The molecule has 1 N–H and O–H groups in total. The lowest BCUT2D eigenvalue weighted by Crippen LogP contribution is -2.50. The van der Waals surface area contributed by atoms with E-state index < -0.39 is 0 Å². The van der Waals surface area contributed by atoms with Crippen molar-refractivity contribution in [3.63, 3.8) is 0 Å². The number of hydrogen-bond donors (Lipinski definition) is 1. The van der Waals surface area contributed by atoms with Gasteiger partial charge in [0.15, 0.2) is 0 Å². The van der Waals surface area contributed by atoms with Crippen molar-refractivity contribution < 1.29 is 4.79 Å². The second-order valence-electron chi connectivity index (χ2n) is 6.22. The van der Waals surface area contributed by atoms with Gasteiger partial charge in [-0.2, -0.15) is 0 Å². The Morgan fingerprint density at radius 1 is 1.38 bits per heavy atom. The maximum absolute atomic E-state index is 12.7. The number of rotatable bonds is 3. The Morgan fingerprint density at radius 2 is 2.05 bits per heavy atom. The maximum atomic E-state index is 12.7. The van der Waals surface area contributed by atoms with Gasteiger partial charge >= 0.3 is 0 Å². The van der Waals surface area contributed by atoms with Gasteiger partial charge in [-0.3, -0.25) is 9.59 Å². The maximum Gasteiger partial charge on any atom is 0.254 e. The molecule has 1 aromatic heterocycles. The Hall–Kier alpha value is -1.62. The highest BCUT2D eigenvalue weighted by Gasteiger charge is 2.37. The van der Waals surface area contributed by atoms with Gasteiger partial charge in [0.05, 0.1) is 0 Å². The molecule has 0 radical (unpaired) electrons. The summed E-state index contributed by atoms with van der Waals surface area (Å²) in [7, 11) is 1.69. The van der Waals surface area contributed by atoms with Crippen molar-refractivity contribution in [3.8, 4) is 0 Å². The van der Waals surface area contributed by atoms with Crippen molar-refractivity contribution in [2.45, 2.75) is 50.7 Å². The summed E-state index contributed by atoms with van der Waals surface area (Å²) >= 11 is 0. The van der Waals surface area contributed by atoms with E-state index in [1.54, 1.807) is 19.3 Å². The number of carbonyl (C=O) groups is 1. The van der Waals surface area contributed by atoms with Crippen molar-refractivity contribution in [2.75, 3.05) is 6.54 Å². The lowest BCUT2D eigenvalue weighted by molar-refractivity contribution is 0.0631. The quantitative estimate of drug-likeness (QED) is 0.907. The number of pyridine rings is 1. The van der Waals surface area contributed by atoms with Crippen LogP contribution in [-0.4, -0.2) is 40.0 Å². The van der Waals surface area contributed by atoms with Crippen LogP contribution in [0.5, 0.6) is 0 Å². The molecule has 2 atom stereocenters. The standard InChI is InChI=1S/C16H23N3O2/c1-3-19(14-9-12-4-5-13(10-14)17-12)16(21)11-6-7-18(2)15(20)8-11/h6-8,12-14,17H,3-5,9-10H2,1-2H3. The van der Waals surface area contributed by atoms with E-state index in [1.165, 1.54) is 23.5 Å². The minimum Gasteiger partial charge on any atom is -0.336 e. The molecule has 2 aliphatic rings. The lowest BCUT2D eigenvalue weighted by atomic mass is 9.97. The zero-order valence-electron chi connectivity index (χ0n) is 12.7. The molecule has 3 heterocycles. The number of aryl methyl sites for hydroxylation is 1. The van der Waals surface area contributed by atoms with Gasteiger partial charge < -0.3 is 14.8 Å². The molecule has 0 spiro atoms. The predicted molar refractivity (Wildman–Crippen MR) is 81.4 cm³/mol. The Morgan fingerprint density at radius 3 is 2.62 bits per heavy atom. The molecular formula is C16H23N3O2. The van der Waals surface area contributed by atoms with Crippen LogP contribution in [0, 0.1) is 0 Å². The fraction of sp³-hybridized carbons (Fsp3) is 0.625. The van der Waals surface area contributed by atoms with E-state index in [0.29, 0.717) is 30.2 Å². The molecule has 21 heavy (non-hydrogen) atoms. The van der Waals surface area contributed by atoms with Gasteiger partial charge in [0.25, 0.3) is 11.5 Å². The highest BCUT2D eigenvalue weighted by Crippen LogP contribution is 2.30. The summed E-state index contributed by atoms with van der Waals surface area (Å²) in [6.45, 7) is 2.71. The summed E-state index contributed by atoms with van der Waals surface area (Å²) < 4.78 is 1.48. The topological polar surface area (TPSA) is 54.3 Å². The van der Waals surface area contributed by atoms with Gasteiger partial charge in [-0.15, -0.1) is 0 Å². The molecule has 0 saturated carbocycles. The average molecular weight is 289 g/mol. The predicted octanol–water partition coefficient (Wildman–Crippen LogP) is 1.13. The van der Waals surface area contributed by atoms with E-state index in [1.807, 2.05) is 11.8 Å². The molecule has 1 aromatic rings. The van der Waals surface area contributed by atoms with Crippen LogP contribution in [0.2, 0.25) is 0 Å². The normalized spacial score (nSPS) is 27.6. The van der Waals surface area contributed by atoms with Crippen molar-refractivity contribution in [1.29, 1.82) is 0 Å². The second-order valence-corrected chi connectivity index (χ2v) is 6.22. The number of amides is 1. The molecule has 2 saturated heterocycles. The molecule has 0 aromatic carbocycles. The number of fused-ring (bicyclic) bond motifs is 2. The zero-order chi connectivity index (χ0) is 15.0. The monoisotopic (exact) mass is 289 g/mol. The minimum atomic E-state index is -0.137. The highest BCUT2D eigenvalue weighted by atomic mass is 16.2. The van der Waals surface area contributed by atoms with E-state index in [0.717, 1.165) is 12.8 Å². The fourth-order valence-corrected chi connectivity index (χ4v) is 3.70. The third-order valence-corrected chi connectivity index (χ3v) is 4.84. The van der Waals surface area contributed by atoms with Crippen molar-refractivity contribution in [3.05, 3.63) is 34.2 Å². The molecule has 5 nitrogen and oxygen atoms in total. The molecule has 2 unspecified atom stereocenters. The highest BCUT2D eigenvalue weighted by molar-refractivity contribution is 5.94. The first-order valence-corrected chi connectivity index (χ1v) is 7.82. The van der Waals surface area contributed by atoms with Crippen LogP contribution in [0.1, 0.15) is 43.0 Å². The first kappa shape index (κ1) is 14.3. The molecular weight excluding hydrogens is 266 g/mol. The van der Waals surface area contributed by atoms with Crippen LogP contribution in [-0.2, 0) is 7.05 Å². The summed E-state index contributed by atoms with van der Waals surface area (Å²) in [5.74, 6) is -0.0125. The smallest absolute Gasteiger partial charge is 0.254 e. The summed E-state index contributed by atoms with van der Waals surface area (Å²) in [6, 6.07) is 4.59. The number of nitrogens with zero attached hydrogens (tertiary/aromatic N) is 2. The number of carbonyl (C=O) groups excluding carboxylic acids is 1. The Kier molecular flexibility index (Phi) is 3.85. The second kappa shape index (κ2) is 5.64. The summed E-state index contributed by atoms with van der Waals surface area (Å²) in [5, 5.41) is 3.60. The van der Waals surface area contributed by atoms with Crippen molar-refractivity contribution in [2.24, 2.45) is 7.05 Å². The molecule has 2 aliphatic heterocycles. The van der Waals surface area contributed by atoms with E-state index in [9.17, 15) is 9.59 Å². The van der Waals surface area contributed by atoms with Crippen LogP contribution < -0.4 is 10.9 Å². The van der Waals surface area contributed by atoms with Gasteiger partial charge in [0, 0.05) is 49.5 Å². The molecule has 114 valence electrons. The van der Waals surface area contributed by atoms with E-state index >= 15 is 0 Å². The van der Waals surface area contributed by atoms with Gasteiger partial charge in [-0.1, -0.05) is 0 Å². The fourth-order valence-electron chi connectivity index (χ4n) is 3.70. The molecule has 2 bridgehead atoms. The van der Waals surface area contributed by atoms with Crippen LogP contribution in [0.3, 0.4) is 0 Å². The molecule has 1 amide bonds. The molecule has 5 heteroatoms. The first-order valence-electron chi connectivity index (χ1n) is 7.82. The van der Waals surface area contributed by atoms with Gasteiger partial charge in [0.1, 0.15) is 0 Å². The molecule has 3 rings (SSSR count). The zero-order valence-corrected chi connectivity index (χ0v) is 12.7. The Labute approximate surface area is 124 Å². The summed E-state index contributed by atoms with van der Waals surface area (Å²) in [6.07, 6.45) is 6.16. The molecule has 2 fully saturated rings. The van der Waals surface area contributed by atoms with Crippen molar-refractivity contribution >= 4 is 5.91 Å².